The van der Waals surface area contributed by atoms with Crippen molar-refractivity contribution in [1.82, 2.24) is 4.98 Å². The fraction of sp³-hybridized carbons (Fsp3) is 0. The highest BCUT2D eigenvalue weighted by atomic mass is 79.9. The minimum atomic E-state index is -1.04. The summed E-state index contributed by atoms with van der Waals surface area (Å²) < 4.78 is 1.22. The van der Waals surface area contributed by atoms with Crippen molar-refractivity contribution in [3.05, 3.63) is 26.9 Å². The molecule has 0 aliphatic carbocycles. The second-order valence-corrected chi connectivity index (χ2v) is 3.56. The fourth-order valence-electron chi connectivity index (χ4n) is 0.572. The van der Waals surface area contributed by atoms with Gasteiger partial charge in [0.1, 0.15) is 0 Å². The van der Waals surface area contributed by atoms with Crippen molar-refractivity contribution in [3.8, 4) is 0 Å². The van der Waals surface area contributed by atoms with Crippen LogP contribution in [0.1, 0.15) is 10.5 Å². The van der Waals surface area contributed by atoms with Crippen LogP contribution in [0.25, 0.3) is 0 Å². The third kappa shape index (κ3) is 2.00. The van der Waals surface area contributed by atoms with E-state index in [1.54, 1.807) is 6.07 Å². The van der Waals surface area contributed by atoms with Gasteiger partial charge in [0.15, 0.2) is 5.69 Å². The van der Waals surface area contributed by atoms with Gasteiger partial charge in [-0.1, -0.05) is 0 Å². The van der Waals surface area contributed by atoms with E-state index < -0.39 is 5.97 Å². The van der Waals surface area contributed by atoms with Crippen LogP contribution in [0.4, 0.5) is 0 Å². The molecule has 0 saturated carbocycles. The zero-order valence-electron chi connectivity index (χ0n) is 5.21. The molecule has 0 radical (unpaired) electrons. The molecular formula is C6H3Br2NO2. The molecule has 1 aromatic rings. The quantitative estimate of drug-likeness (QED) is 0.859. The van der Waals surface area contributed by atoms with Gasteiger partial charge in [0.05, 0.1) is 4.47 Å². The smallest absolute Gasteiger partial charge is 0.355 e. The fourth-order valence-corrected chi connectivity index (χ4v) is 1.73. The molecule has 5 heteroatoms. The van der Waals surface area contributed by atoms with Crippen LogP contribution in [0, 0.1) is 0 Å². The molecule has 0 atom stereocenters. The summed E-state index contributed by atoms with van der Waals surface area (Å²) in [5, 5.41) is 8.55. The Kier molecular flexibility index (Phi) is 2.62. The number of nitrogens with zero attached hydrogens (tertiary/aromatic N) is 1. The van der Waals surface area contributed by atoms with Crippen molar-refractivity contribution in [1.29, 1.82) is 0 Å². The Bertz CT molecular complexity index is 301. The molecule has 1 rings (SSSR count). The van der Waals surface area contributed by atoms with Crippen molar-refractivity contribution in [2.75, 3.05) is 0 Å². The first-order chi connectivity index (χ1) is 5.11. The predicted octanol–water partition coefficient (Wildman–Crippen LogP) is 2.30. The molecule has 0 amide bonds. The topological polar surface area (TPSA) is 50.2 Å². The zero-order chi connectivity index (χ0) is 8.43. The van der Waals surface area contributed by atoms with Gasteiger partial charge >= 0.3 is 5.97 Å². The molecule has 0 aliphatic rings. The molecule has 3 nitrogen and oxygen atoms in total. The number of carboxylic acids is 1. The van der Waals surface area contributed by atoms with E-state index in [1.165, 1.54) is 6.20 Å². The van der Waals surface area contributed by atoms with Gasteiger partial charge < -0.3 is 5.11 Å². The average molecular weight is 281 g/mol. The van der Waals surface area contributed by atoms with E-state index >= 15 is 0 Å². The highest BCUT2D eigenvalue weighted by molar-refractivity contribution is 9.11. The Morgan fingerprint density at radius 3 is 2.64 bits per heavy atom. The lowest BCUT2D eigenvalue weighted by Crippen LogP contribution is -2.00. The van der Waals surface area contributed by atoms with Crippen molar-refractivity contribution in [3.63, 3.8) is 0 Å². The van der Waals surface area contributed by atoms with E-state index in [0.29, 0.717) is 4.47 Å². The maximum atomic E-state index is 10.4. The number of aromatic nitrogens is 1. The lowest BCUT2D eigenvalue weighted by Gasteiger charge is -1.96. The minimum Gasteiger partial charge on any atom is -0.476 e. The highest BCUT2D eigenvalue weighted by Gasteiger charge is 2.08. The molecule has 0 spiro atoms. The molecule has 0 fully saturated rings. The molecule has 1 heterocycles. The van der Waals surface area contributed by atoms with E-state index in [0.717, 1.165) is 4.47 Å². The van der Waals surface area contributed by atoms with E-state index in [2.05, 4.69) is 36.8 Å². The molecule has 0 unspecified atom stereocenters. The number of halogens is 2. The Labute approximate surface area is 79.7 Å². The van der Waals surface area contributed by atoms with Gasteiger partial charge in [0, 0.05) is 10.7 Å². The van der Waals surface area contributed by atoms with Crippen LogP contribution < -0.4 is 0 Å². The second kappa shape index (κ2) is 3.32. The summed E-state index contributed by atoms with van der Waals surface area (Å²) in [4.78, 5) is 14.1. The molecule has 11 heavy (non-hydrogen) atoms. The molecule has 0 bridgehead atoms. The maximum Gasteiger partial charge on any atom is 0.355 e. The molecule has 58 valence electrons. The van der Waals surface area contributed by atoms with Gasteiger partial charge in [-0.25, -0.2) is 9.78 Å². The first kappa shape index (κ1) is 8.67. The Morgan fingerprint density at radius 1 is 1.55 bits per heavy atom. The number of rotatable bonds is 1. The van der Waals surface area contributed by atoms with Crippen molar-refractivity contribution >= 4 is 37.8 Å². The first-order valence-corrected chi connectivity index (χ1v) is 4.24. The second-order valence-electron chi connectivity index (χ2n) is 1.79. The summed E-state index contributed by atoms with van der Waals surface area (Å²) in [5.41, 5.74) is 0.0215. The molecular weight excluding hydrogens is 278 g/mol. The Morgan fingerprint density at radius 2 is 2.18 bits per heavy atom. The Balaban J connectivity index is 3.20. The average Bonchev–Trinajstić information content (AvgIpc) is 1.85. The highest BCUT2D eigenvalue weighted by Crippen LogP contribution is 2.19. The van der Waals surface area contributed by atoms with Gasteiger partial charge in [-0.3, -0.25) is 0 Å². The third-order valence-corrected chi connectivity index (χ3v) is 2.05. The number of hydrogen-bond donors (Lipinski definition) is 1. The summed E-state index contributed by atoms with van der Waals surface area (Å²) in [6.07, 6.45) is 1.44. The normalized spacial score (nSPS) is 9.64. The minimum absolute atomic E-state index is 0.0215. The van der Waals surface area contributed by atoms with Crippen LogP contribution in [0.5, 0.6) is 0 Å². The van der Waals surface area contributed by atoms with Crippen LogP contribution in [0.3, 0.4) is 0 Å². The van der Waals surface area contributed by atoms with Gasteiger partial charge in [-0.15, -0.1) is 0 Å². The lowest BCUT2D eigenvalue weighted by molar-refractivity contribution is 0.0689. The van der Waals surface area contributed by atoms with E-state index in [9.17, 15) is 4.79 Å². The zero-order valence-corrected chi connectivity index (χ0v) is 8.39. The summed E-state index contributed by atoms with van der Waals surface area (Å²) in [5.74, 6) is -1.04. The number of pyridine rings is 1. The third-order valence-electron chi connectivity index (χ3n) is 1.01. The molecule has 1 aromatic heterocycles. The van der Waals surface area contributed by atoms with E-state index in [4.69, 9.17) is 5.11 Å². The standard InChI is InChI=1S/C6H3Br2NO2/c7-3-1-4(8)5(6(10)11)9-2-3/h1-2H,(H,10,11). The van der Waals surface area contributed by atoms with Gasteiger partial charge in [-0.05, 0) is 37.9 Å². The summed E-state index contributed by atoms with van der Waals surface area (Å²) in [6, 6.07) is 1.64. The van der Waals surface area contributed by atoms with Gasteiger partial charge in [0.25, 0.3) is 0 Å². The van der Waals surface area contributed by atoms with E-state index in [-0.39, 0.29) is 5.69 Å². The van der Waals surface area contributed by atoms with Crippen LogP contribution in [-0.4, -0.2) is 16.1 Å². The number of hydrogen-bond acceptors (Lipinski definition) is 2. The number of carbonyl (C=O) groups is 1. The molecule has 1 N–H and O–H groups in total. The molecule has 0 aliphatic heterocycles. The van der Waals surface area contributed by atoms with Gasteiger partial charge in [-0.2, -0.15) is 0 Å². The van der Waals surface area contributed by atoms with Crippen LogP contribution >= 0.6 is 31.9 Å². The number of carboxylic acid groups (broad SMARTS) is 1. The monoisotopic (exact) mass is 279 g/mol. The van der Waals surface area contributed by atoms with Crippen LogP contribution in [0.2, 0.25) is 0 Å². The largest absolute Gasteiger partial charge is 0.476 e. The molecule has 0 aromatic carbocycles. The Hall–Kier alpha value is -0.420. The van der Waals surface area contributed by atoms with E-state index in [1.807, 2.05) is 0 Å². The van der Waals surface area contributed by atoms with Crippen molar-refractivity contribution < 1.29 is 9.90 Å². The number of aromatic carboxylic acids is 1. The first-order valence-electron chi connectivity index (χ1n) is 2.65. The summed E-state index contributed by atoms with van der Waals surface area (Å²) in [7, 11) is 0. The molecule has 0 saturated heterocycles. The van der Waals surface area contributed by atoms with Crippen LogP contribution in [-0.2, 0) is 0 Å². The SMILES string of the molecule is O=C(O)c1ncc(Br)cc1Br. The van der Waals surface area contributed by atoms with Crippen LogP contribution in [0.15, 0.2) is 21.2 Å². The predicted molar refractivity (Wildman–Crippen MR) is 46.6 cm³/mol. The summed E-state index contributed by atoms with van der Waals surface area (Å²) in [6.45, 7) is 0. The summed E-state index contributed by atoms with van der Waals surface area (Å²) >= 11 is 6.23. The lowest BCUT2D eigenvalue weighted by atomic mass is 10.4. The maximum absolute atomic E-state index is 10.4. The van der Waals surface area contributed by atoms with Gasteiger partial charge in [0.2, 0.25) is 0 Å². The van der Waals surface area contributed by atoms with Crippen molar-refractivity contribution in [2.24, 2.45) is 0 Å². The van der Waals surface area contributed by atoms with Crippen molar-refractivity contribution in [2.45, 2.75) is 0 Å².